The van der Waals surface area contributed by atoms with Gasteiger partial charge in [-0.2, -0.15) is 0 Å². The summed E-state index contributed by atoms with van der Waals surface area (Å²) in [6.45, 7) is 5.30. The molecular weight excluding hydrogens is 482 g/mol. The second kappa shape index (κ2) is 11.1. The van der Waals surface area contributed by atoms with Crippen LogP contribution in [0, 0.1) is 6.92 Å². The normalized spacial score (nSPS) is 13.8. The molecule has 0 aliphatic carbocycles. The van der Waals surface area contributed by atoms with Crippen molar-refractivity contribution < 1.29 is 14.3 Å². The molecule has 7 heteroatoms. The van der Waals surface area contributed by atoms with Crippen molar-refractivity contribution in [3.63, 3.8) is 0 Å². The fraction of sp³-hybridized carbons (Fsp3) is 0.231. The van der Waals surface area contributed by atoms with E-state index in [2.05, 4.69) is 43.3 Å². The van der Waals surface area contributed by atoms with Crippen LogP contribution in [0.1, 0.15) is 11.1 Å². The third kappa shape index (κ3) is 6.66. The lowest BCUT2D eigenvalue weighted by molar-refractivity contribution is -0.118. The predicted octanol–water partition coefficient (Wildman–Crippen LogP) is 5.36. The van der Waals surface area contributed by atoms with E-state index in [0.717, 1.165) is 53.3 Å². The van der Waals surface area contributed by atoms with Gasteiger partial charge in [0.15, 0.2) is 6.61 Å². The highest BCUT2D eigenvalue weighted by molar-refractivity contribution is 9.10. The minimum Gasteiger partial charge on any atom is -0.483 e. The number of nitrogens with one attached hydrogen (secondary N) is 1. The third-order valence-electron chi connectivity index (χ3n) is 5.24. The number of morpholine rings is 1. The quantitative estimate of drug-likeness (QED) is 0.437. The molecule has 3 aromatic carbocycles. The Morgan fingerprint density at radius 3 is 2.52 bits per heavy atom. The Hall–Kier alpha value is -3.16. The summed E-state index contributed by atoms with van der Waals surface area (Å²) in [4.78, 5) is 19.0. The number of halogens is 1. The molecule has 0 atom stereocenters. The van der Waals surface area contributed by atoms with Gasteiger partial charge < -0.3 is 19.7 Å². The zero-order valence-electron chi connectivity index (χ0n) is 18.5. The lowest BCUT2D eigenvalue weighted by Crippen LogP contribution is -2.36. The number of nitrogens with zero attached hydrogens (tertiary/aromatic N) is 2. The molecule has 1 aliphatic heterocycles. The Kier molecular flexibility index (Phi) is 7.75. The Balaban J connectivity index is 1.31. The number of rotatable bonds is 7. The van der Waals surface area contributed by atoms with Gasteiger partial charge in [-0.25, -0.2) is 0 Å². The number of ether oxygens (including phenoxy) is 2. The van der Waals surface area contributed by atoms with E-state index in [9.17, 15) is 4.79 Å². The lowest BCUT2D eigenvalue weighted by atomic mass is 10.2. The topological polar surface area (TPSA) is 63.2 Å². The van der Waals surface area contributed by atoms with Crippen LogP contribution in [-0.2, 0) is 9.53 Å². The van der Waals surface area contributed by atoms with Crippen molar-refractivity contribution in [3.8, 4) is 5.75 Å². The zero-order chi connectivity index (χ0) is 23.0. The summed E-state index contributed by atoms with van der Waals surface area (Å²) in [6, 6.07) is 21.5. The number of aliphatic imine (C=N–C) groups is 1. The summed E-state index contributed by atoms with van der Waals surface area (Å²) in [5, 5.41) is 2.82. The second-order valence-corrected chi connectivity index (χ2v) is 8.62. The zero-order valence-corrected chi connectivity index (χ0v) is 20.0. The van der Waals surface area contributed by atoms with Crippen molar-refractivity contribution in [1.82, 2.24) is 0 Å². The summed E-state index contributed by atoms with van der Waals surface area (Å²) in [5.74, 6) is 0.387. The molecule has 1 saturated heterocycles. The van der Waals surface area contributed by atoms with Gasteiger partial charge in [-0.05, 0) is 83.0 Å². The fourth-order valence-corrected chi connectivity index (χ4v) is 3.92. The van der Waals surface area contributed by atoms with Crippen LogP contribution in [0.2, 0.25) is 0 Å². The molecule has 0 aromatic heterocycles. The first kappa shape index (κ1) is 23.0. The van der Waals surface area contributed by atoms with Gasteiger partial charge in [-0.1, -0.05) is 17.7 Å². The Labute approximate surface area is 202 Å². The smallest absolute Gasteiger partial charge is 0.262 e. The van der Waals surface area contributed by atoms with Crippen molar-refractivity contribution in [2.45, 2.75) is 6.92 Å². The highest BCUT2D eigenvalue weighted by atomic mass is 79.9. The SMILES string of the molecule is Cc1ccc(NC(=O)COc2ccc(C=Nc3ccc(N4CCOCC4)cc3)cc2Br)cc1. The summed E-state index contributed by atoms with van der Waals surface area (Å²) in [7, 11) is 0. The van der Waals surface area contributed by atoms with Crippen LogP contribution < -0.4 is 15.0 Å². The van der Waals surface area contributed by atoms with Crippen molar-refractivity contribution in [2.24, 2.45) is 4.99 Å². The van der Waals surface area contributed by atoms with Crippen molar-refractivity contribution in [1.29, 1.82) is 0 Å². The molecule has 0 radical (unpaired) electrons. The van der Waals surface area contributed by atoms with Crippen LogP contribution in [-0.4, -0.2) is 45.0 Å². The van der Waals surface area contributed by atoms with E-state index in [1.165, 1.54) is 5.69 Å². The number of carbonyl (C=O) groups is 1. The standard InChI is InChI=1S/C26H26BrN3O3/c1-19-2-5-22(6-3-19)29-26(31)18-33-25-11-4-20(16-24(25)27)17-28-21-7-9-23(10-8-21)30-12-14-32-15-13-30/h2-11,16-17H,12-15,18H2,1H3,(H,29,31). The highest BCUT2D eigenvalue weighted by Gasteiger charge is 2.10. The Bertz CT molecular complexity index is 1110. The molecule has 1 amide bonds. The number of aryl methyl sites for hydroxylation is 1. The monoisotopic (exact) mass is 507 g/mol. The van der Waals surface area contributed by atoms with Crippen LogP contribution >= 0.6 is 15.9 Å². The van der Waals surface area contributed by atoms with Crippen molar-refractivity contribution in [2.75, 3.05) is 43.1 Å². The largest absolute Gasteiger partial charge is 0.483 e. The van der Waals surface area contributed by atoms with Crippen LogP contribution in [0.5, 0.6) is 5.75 Å². The first-order chi connectivity index (χ1) is 16.1. The number of amides is 1. The van der Waals surface area contributed by atoms with Crippen LogP contribution in [0.25, 0.3) is 0 Å². The van der Waals surface area contributed by atoms with Gasteiger partial charge in [0.2, 0.25) is 0 Å². The molecule has 0 spiro atoms. The summed E-state index contributed by atoms with van der Waals surface area (Å²) >= 11 is 3.52. The Morgan fingerprint density at radius 1 is 1.09 bits per heavy atom. The molecule has 170 valence electrons. The number of hydrogen-bond donors (Lipinski definition) is 1. The van der Waals surface area contributed by atoms with Crippen LogP contribution in [0.3, 0.4) is 0 Å². The van der Waals surface area contributed by atoms with Gasteiger partial charge in [0.25, 0.3) is 5.91 Å². The van der Waals surface area contributed by atoms with Gasteiger partial charge in [0.1, 0.15) is 5.75 Å². The third-order valence-corrected chi connectivity index (χ3v) is 5.86. The summed E-state index contributed by atoms with van der Waals surface area (Å²) in [5.41, 5.74) is 4.89. The van der Waals surface area contributed by atoms with Gasteiger partial charge in [-0.3, -0.25) is 9.79 Å². The van der Waals surface area contributed by atoms with Gasteiger partial charge in [-0.15, -0.1) is 0 Å². The number of carbonyl (C=O) groups excluding carboxylic acids is 1. The van der Waals surface area contributed by atoms with E-state index in [4.69, 9.17) is 9.47 Å². The average Bonchev–Trinajstić information content (AvgIpc) is 2.84. The van der Waals surface area contributed by atoms with E-state index in [-0.39, 0.29) is 12.5 Å². The van der Waals surface area contributed by atoms with E-state index < -0.39 is 0 Å². The number of benzene rings is 3. The van der Waals surface area contributed by atoms with Crippen molar-refractivity contribution in [3.05, 3.63) is 82.3 Å². The molecule has 6 nitrogen and oxygen atoms in total. The minimum atomic E-state index is -0.211. The summed E-state index contributed by atoms with van der Waals surface area (Å²) < 4.78 is 11.8. The maximum absolute atomic E-state index is 12.2. The second-order valence-electron chi connectivity index (χ2n) is 7.77. The van der Waals surface area contributed by atoms with Gasteiger partial charge in [0, 0.05) is 30.7 Å². The maximum atomic E-state index is 12.2. The molecule has 0 saturated carbocycles. The molecule has 3 aromatic rings. The lowest BCUT2D eigenvalue weighted by Gasteiger charge is -2.28. The molecule has 1 heterocycles. The highest BCUT2D eigenvalue weighted by Crippen LogP contribution is 2.26. The van der Waals surface area contributed by atoms with Gasteiger partial charge in [0.05, 0.1) is 23.4 Å². The molecule has 4 rings (SSSR count). The minimum absolute atomic E-state index is 0.0740. The molecule has 1 fully saturated rings. The molecule has 33 heavy (non-hydrogen) atoms. The van der Waals surface area contributed by atoms with Crippen LogP contribution in [0.4, 0.5) is 17.1 Å². The molecule has 1 N–H and O–H groups in total. The maximum Gasteiger partial charge on any atom is 0.262 e. The van der Waals surface area contributed by atoms with E-state index in [1.54, 1.807) is 0 Å². The summed E-state index contributed by atoms with van der Waals surface area (Å²) in [6.07, 6.45) is 1.81. The fourth-order valence-electron chi connectivity index (χ4n) is 3.41. The number of anilines is 2. The van der Waals surface area contributed by atoms with Crippen LogP contribution in [0.15, 0.2) is 76.2 Å². The molecular formula is C26H26BrN3O3. The predicted molar refractivity (Wildman–Crippen MR) is 136 cm³/mol. The van der Waals surface area contributed by atoms with Crippen molar-refractivity contribution >= 4 is 45.1 Å². The average molecular weight is 508 g/mol. The molecule has 1 aliphatic rings. The Morgan fingerprint density at radius 2 is 1.82 bits per heavy atom. The molecule has 0 unspecified atom stereocenters. The number of hydrogen-bond acceptors (Lipinski definition) is 5. The first-order valence-electron chi connectivity index (χ1n) is 10.8. The molecule has 0 bridgehead atoms. The first-order valence-corrected chi connectivity index (χ1v) is 11.6. The van der Waals surface area contributed by atoms with E-state index in [1.807, 2.05) is 67.7 Å². The van der Waals surface area contributed by atoms with Gasteiger partial charge >= 0.3 is 0 Å². The van der Waals surface area contributed by atoms with E-state index in [0.29, 0.717) is 5.75 Å². The van der Waals surface area contributed by atoms with E-state index >= 15 is 0 Å².